The molecular weight excluding hydrogens is 376 g/mol. The van der Waals surface area contributed by atoms with E-state index in [0.29, 0.717) is 10.3 Å². The monoisotopic (exact) mass is 394 g/mol. The van der Waals surface area contributed by atoms with Crippen molar-refractivity contribution < 1.29 is 4.79 Å². The van der Waals surface area contributed by atoms with E-state index in [-0.39, 0.29) is 11.7 Å². The molecule has 3 heterocycles. The second kappa shape index (κ2) is 8.07. The van der Waals surface area contributed by atoms with Crippen LogP contribution in [0.2, 0.25) is 0 Å². The fourth-order valence-corrected chi connectivity index (χ4v) is 4.33. The molecule has 25 heavy (non-hydrogen) atoms. The number of hydrogen-bond acceptors (Lipinski definition) is 8. The van der Waals surface area contributed by atoms with E-state index in [1.165, 1.54) is 28.0 Å². The summed E-state index contributed by atoms with van der Waals surface area (Å²) in [5, 5.41) is 23.4. The quantitative estimate of drug-likeness (QED) is 0.619. The van der Waals surface area contributed by atoms with Crippen LogP contribution in [0.3, 0.4) is 0 Å². The lowest BCUT2D eigenvalue weighted by atomic mass is 10.2. The third kappa shape index (κ3) is 4.25. The highest BCUT2D eigenvalue weighted by Gasteiger charge is 2.15. The van der Waals surface area contributed by atoms with Gasteiger partial charge in [-0.25, -0.2) is 0 Å². The highest BCUT2D eigenvalue weighted by atomic mass is 32.2. The van der Waals surface area contributed by atoms with E-state index in [1.807, 2.05) is 18.5 Å². The van der Waals surface area contributed by atoms with Crippen LogP contribution in [-0.2, 0) is 24.7 Å². The van der Waals surface area contributed by atoms with Crippen LogP contribution >= 0.6 is 34.4 Å². The molecule has 0 spiro atoms. The van der Waals surface area contributed by atoms with Gasteiger partial charge in [0.25, 0.3) is 0 Å². The smallest absolute Gasteiger partial charge is 0.236 e. The lowest BCUT2D eigenvalue weighted by Gasteiger charge is -2.02. The van der Waals surface area contributed by atoms with E-state index in [1.54, 1.807) is 11.3 Å². The van der Waals surface area contributed by atoms with Crippen molar-refractivity contribution in [3.05, 3.63) is 21.3 Å². The van der Waals surface area contributed by atoms with Crippen molar-refractivity contribution in [3.63, 3.8) is 0 Å². The topological polar surface area (TPSA) is 85.6 Å². The van der Waals surface area contributed by atoms with Crippen molar-refractivity contribution in [1.82, 2.24) is 25.0 Å². The maximum absolute atomic E-state index is 12.1. The zero-order valence-corrected chi connectivity index (χ0v) is 16.6. The number of hydrogen-bond donors (Lipinski definition) is 1. The zero-order valence-electron chi connectivity index (χ0n) is 14.1. The van der Waals surface area contributed by atoms with Gasteiger partial charge in [-0.1, -0.05) is 36.9 Å². The van der Waals surface area contributed by atoms with Gasteiger partial charge in [0.05, 0.1) is 5.75 Å². The molecule has 0 saturated carbocycles. The zero-order chi connectivity index (χ0) is 17.8. The number of aromatic nitrogens is 5. The lowest BCUT2D eigenvalue weighted by Crippen LogP contribution is -2.14. The number of rotatable bonds is 7. The Morgan fingerprint density at radius 3 is 2.76 bits per heavy atom. The Morgan fingerprint density at radius 1 is 1.24 bits per heavy atom. The molecule has 7 nitrogen and oxygen atoms in total. The van der Waals surface area contributed by atoms with Gasteiger partial charge in [0.15, 0.2) is 11.0 Å². The molecule has 132 valence electrons. The van der Waals surface area contributed by atoms with E-state index in [9.17, 15) is 4.79 Å². The Bertz CT molecular complexity index is 868. The number of nitrogens with one attached hydrogen (secondary N) is 1. The van der Waals surface area contributed by atoms with Crippen LogP contribution in [0.1, 0.15) is 23.7 Å². The molecule has 0 unspecified atom stereocenters. The molecule has 0 radical (unpaired) electrons. The Hall–Kier alpha value is -1.78. The van der Waals surface area contributed by atoms with E-state index in [4.69, 9.17) is 0 Å². The summed E-state index contributed by atoms with van der Waals surface area (Å²) in [5.74, 6) is 0.935. The first-order valence-corrected chi connectivity index (χ1v) is 10.5. The molecular formula is C15H18N6OS3. The lowest BCUT2D eigenvalue weighted by molar-refractivity contribution is -0.113. The molecule has 0 bridgehead atoms. The van der Waals surface area contributed by atoms with Gasteiger partial charge in [-0.2, -0.15) is 0 Å². The molecule has 0 atom stereocenters. The average Bonchev–Trinajstić information content (AvgIpc) is 3.32. The van der Waals surface area contributed by atoms with Crippen LogP contribution in [0.5, 0.6) is 0 Å². The molecule has 0 aliphatic heterocycles. The first-order valence-electron chi connectivity index (χ1n) is 7.82. The van der Waals surface area contributed by atoms with Crippen LogP contribution in [0.4, 0.5) is 5.13 Å². The molecule has 0 aliphatic carbocycles. The Kier molecular flexibility index (Phi) is 5.82. The molecule has 0 saturated heterocycles. The number of amides is 1. The van der Waals surface area contributed by atoms with E-state index < -0.39 is 0 Å². The summed E-state index contributed by atoms with van der Waals surface area (Å²) >= 11 is 4.47. The van der Waals surface area contributed by atoms with Gasteiger partial charge >= 0.3 is 0 Å². The third-order valence-electron chi connectivity index (χ3n) is 3.44. The fourth-order valence-electron chi connectivity index (χ4n) is 2.11. The first-order chi connectivity index (χ1) is 12.1. The van der Waals surface area contributed by atoms with Gasteiger partial charge in [0.1, 0.15) is 5.01 Å². The number of carbonyl (C=O) groups is 1. The van der Waals surface area contributed by atoms with Crippen molar-refractivity contribution in [3.8, 4) is 11.4 Å². The molecule has 1 amide bonds. The maximum Gasteiger partial charge on any atom is 0.236 e. The Labute approximate surface area is 157 Å². The van der Waals surface area contributed by atoms with Crippen LogP contribution in [0.15, 0.2) is 16.6 Å². The molecule has 0 aromatic carbocycles. The number of thioether (sulfide) groups is 1. The standard InChI is InChI=1S/C15H18N6OS3/c1-4-10-6-9(7-23-10)13-18-20-15(21(13)3)24-8-11(22)16-14-19-17-12(5-2)25-14/h6-7H,4-5,8H2,1-3H3,(H,16,19,22). The molecule has 0 fully saturated rings. The van der Waals surface area contributed by atoms with Crippen LogP contribution < -0.4 is 5.32 Å². The van der Waals surface area contributed by atoms with Crippen molar-refractivity contribution in [1.29, 1.82) is 0 Å². The molecule has 3 aromatic heterocycles. The summed E-state index contributed by atoms with van der Waals surface area (Å²) < 4.78 is 1.92. The first kappa shape index (κ1) is 18.0. The fraction of sp³-hybridized carbons (Fsp3) is 0.400. The largest absolute Gasteiger partial charge is 0.305 e. The van der Waals surface area contributed by atoms with Crippen LogP contribution in [0.25, 0.3) is 11.4 Å². The molecule has 3 rings (SSSR count). The van der Waals surface area contributed by atoms with Crippen LogP contribution in [0, 0.1) is 0 Å². The van der Waals surface area contributed by atoms with Gasteiger partial charge < -0.3 is 4.57 Å². The minimum atomic E-state index is -0.128. The number of carbonyl (C=O) groups excluding carboxylic acids is 1. The second-order valence-electron chi connectivity index (χ2n) is 5.21. The molecule has 3 aromatic rings. The van der Waals surface area contributed by atoms with Crippen molar-refractivity contribution >= 4 is 45.5 Å². The predicted octanol–water partition coefficient (Wildman–Crippen LogP) is 3.25. The molecule has 10 heteroatoms. The number of nitrogens with zero attached hydrogens (tertiary/aromatic N) is 5. The Morgan fingerprint density at radius 2 is 2.08 bits per heavy atom. The third-order valence-corrected chi connectivity index (χ3v) is 6.53. The number of anilines is 1. The number of thiophene rings is 1. The highest BCUT2D eigenvalue weighted by Crippen LogP contribution is 2.27. The maximum atomic E-state index is 12.1. The van der Waals surface area contributed by atoms with E-state index in [2.05, 4.69) is 44.1 Å². The summed E-state index contributed by atoms with van der Waals surface area (Å²) in [4.78, 5) is 13.4. The summed E-state index contributed by atoms with van der Waals surface area (Å²) in [6.45, 7) is 4.14. The second-order valence-corrected chi connectivity index (χ2v) is 8.21. The predicted molar refractivity (Wildman–Crippen MR) is 102 cm³/mol. The number of aryl methyl sites for hydroxylation is 2. The van der Waals surface area contributed by atoms with Crippen molar-refractivity contribution in [2.24, 2.45) is 7.05 Å². The molecule has 1 N–H and O–H groups in total. The van der Waals surface area contributed by atoms with Crippen molar-refractivity contribution in [2.75, 3.05) is 11.1 Å². The van der Waals surface area contributed by atoms with Gasteiger partial charge in [-0.3, -0.25) is 10.1 Å². The van der Waals surface area contributed by atoms with E-state index in [0.717, 1.165) is 29.2 Å². The minimum Gasteiger partial charge on any atom is -0.305 e. The van der Waals surface area contributed by atoms with Gasteiger partial charge in [0, 0.05) is 22.9 Å². The Balaban J connectivity index is 1.60. The van der Waals surface area contributed by atoms with Gasteiger partial charge in [-0.05, 0) is 18.9 Å². The normalized spacial score (nSPS) is 11.0. The van der Waals surface area contributed by atoms with Gasteiger partial charge in [-0.15, -0.1) is 31.7 Å². The van der Waals surface area contributed by atoms with Gasteiger partial charge in [0.2, 0.25) is 11.0 Å². The summed E-state index contributed by atoms with van der Waals surface area (Å²) in [5.41, 5.74) is 1.06. The minimum absolute atomic E-state index is 0.128. The van der Waals surface area contributed by atoms with Crippen molar-refractivity contribution in [2.45, 2.75) is 31.8 Å². The SMILES string of the molecule is CCc1cc(-c2nnc(SCC(=O)Nc3nnc(CC)s3)n2C)cs1. The highest BCUT2D eigenvalue weighted by molar-refractivity contribution is 7.99. The average molecular weight is 395 g/mol. The van der Waals surface area contributed by atoms with Crippen LogP contribution in [-0.4, -0.2) is 36.6 Å². The van der Waals surface area contributed by atoms with E-state index >= 15 is 0 Å². The summed E-state index contributed by atoms with van der Waals surface area (Å²) in [7, 11) is 1.91. The molecule has 0 aliphatic rings. The summed E-state index contributed by atoms with van der Waals surface area (Å²) in [6.07, 6.45) is 1.82. The summed E-state index contributed by atoms with van der Waals surface area (Å²) in [6, 6.07) is 2.14.